The topological polar surface area (TPSA) is 62.7 Å². The number of pyridine rings is 1. The molecule has 0 aliphatic heterocycles. The summed E-state index contributed by atoms with van der Waals surface area (Å²) in [5.74, 6) is 0.843. The van der Waals surface area contributed by atoms with Crippen LogP contribution in [-0.2, 0) is 0 Å². The van der Waals surface area contributed by atoms with Crippen molar-refractivity contribution in [2.75, 3.05) is 17.2 Å². The van der Waals surface area contributed by atoms with E-state index in [-0.39, 0.29) is 5.82 Å². The largest absolute Gasteiger partial charge is 0.370 e. The standard InChI is InChI=1S/C17H16FN5/c1-2-19-16-11-15(14-5-3-4-10-20-14)22-17(23-16)21-13-8-6-12(18)7-9-13/h3-11H,2H2,1H3,(H2,19,21,22,23). The SMILES string of the molecule is CCNc1cc(-c2ccccn2)nc(Nc2ccc(F)cc2)n1. The number of benzene rings is 1. The number of aromatic nitrogens is 3. The van der Waals surface area contributed by atoms with E-state index < -0.39 is 0 Å². The van der Waals surface area contributed by atoms with E-state index in [1.165, 1.54) is 12.1 Å². The zero-order chi connectivity index (χ0) is 16.1. The maximum Gasteiger partial charge on any atom is 0.229 e. The van der Waals surface area contributed by atoms with Crippen LogP contribution in [0.4, 0.5) is 21.8 Å². The van der Waals surface area contributed by atoms with E-state index in [0.717, 1.165) is 12.2 Å². The van der Waals surface area contributed by atoms with Gasteiger partial charge in [0.25, 0.3) is 0 Å². The predicted molar refractivity (Wildman–Crippen MR) is 89.1 cm³/mol. The Labute approximate surface area is 133 Å². The average molecular weight is 309 g/mol. The molecular weight excluding hydrogens is 293 g/mol. The number of nitrogens with zero attached hydrogens (tertiary/aromatic N) is 3. The highest BCUT2D eigenvalue weighted by atomic mass is 19.1. The van der Waals surface area contributed by atoms with Gasteiger partial charge in [-0.25, -0.2) is 9.37 Å². The molecule has 3 aromatic rings. The van der Waals surface area contributed by atoms with E-state index in [2.05, 4.69) is 25.6 Å². The highest BCUT2D eigenvalue weighted by Gasteiger charge is 2.08. The maximum absolute atomic E-state index is 13.0. The third-order valence-corrected chi connectivity index (χ3v) is 3.11. The van der Waals surface area contributed by atoms with Gasteiger partial charge in [-0.2, -0.15) is 4.98 Å². The third kappa shape index (κ3) is 3.79. The molecule has 3 rings (SSSR count). The van der Waals surface area contributed by atoms with Crippen molar-refractivity contribution in [2.45, 2.75) is 6.92 Å². The fourth-order valence-electron chi connectivity index (χ4n) is 2.08. The fraction of sp³-hybridized carbons (Fsp3) is 0.118. The molecule has 6 heteroatoms. The summed E-state index contributed by atoms with van der Waals surface area (Å²) < 4.78 is 13.0. The molecule has 116 valence electrons. The molecule has 2 aromatic heterocycles. The van der Waals surface area contributed by atoms with E-state index in [4.69, 9.17) is 0 Å². The van der Waals surface area contributed by atoms with Crippen molar-refractivity contribution >= 4 is 17.5 Å². The van der Waals surface area contributed by atoms with Crippen LogP contribution in [0.5, 0.6) is 0 Å². The Balaban J connectivity index is 1.95. The van der Waals surface area contributed by atoms with Gasteiger partial charge in [-0.1, -0.05) is 6.07 Å². The molecule has 0 spiro atoms. The second kappa shape index (κ2) is 6.83. The molecule has 0 saturated heterocycles. The molecule has 23 heavy (non-hydrogen) atoms. The Kier molecular flexibility index (Phi) is 4.42. The lowest BCUT2D eigenvalue weighted by molar-refractivity contribution is 0.628. The van der Waals surface area contributed by atoms with E-state index in [1.54, 1.807) is 18.3 Å². The summed E-state index contributed by atoms with van der Waals surface area (Å²) in [4.78, 5) is 13.2. The van der Waals surface area contributed by atoms with E-state index in [0.29, 0.717) is 23.1 Å². The minimum absolute atomic E-state index is 0.285. The number of hydrogen-bond acceptors (Lipinski definition) is 5. The summed E-state index contributed by atoms with van der Waals surface area (Å²) in [6.45, 7) is 2.74. The van der Waals surface area contributed by atoms with Gasteiger partial charge in [0.15, 0.2) is 0 Å². The normalized spacial score (nSPS) is 10.3. The van der Waals surface area contributed by atoms with Gasteiger partial charge in [-0.05, 0) is 43.3 Å². The van der Waals surface area contributed by atoms with Gasteiger partial charge >= 0.3 is 0 Å². The number of rotatable bonds is 5. The van der Waals surface area contributed by atoms with Crippen LogP contribution in [0.25, 0.3) is 11.4 Å². The molecule has 2 N–H and O–H groups in total. The van der Waals surface area contributed by atoms with E-state index in [1.807, 2.05) is 31.2 Å². The van der Waals surface area contributed by atoms with Gasteiger partial charge in [0, 0.05) is 24.5 Å². The summed E-state index contributed by atoms with van der Waals surface area (Å²) in [5.41, 5.74) is 2.18. The molecule has 2 heterocycles. The van der Waals surface area contributed by atoms with Crippen LogP contribution >= 0.6 is 0 Å². The molecule has 0 aliphatic rings. The Bertz CT molecular complexity index is 775. The molecule has 0 amide bonds. The zero-order valence-corrected chi connectivity index (χ0v) is 12.6. The molecule has 0 aliphatic carbocycles. The molecule has 5 nitrogen and oxygen atoms in total. The Morgan fingerprint density at radius 3 is 2.52 bits per heavy atom. The molecule has 1 aromatic carbocycles. The van der Waals surface area contributed by atoms with Crippen LogP contribution in [0.3, 0.4) is 0 Å². The first-order valence-electron chi connectivity index (χ1n) is 7.31. The summed E-state index contributed by atoms with van der Waals surface area (Å²) in [5, 5.41) is 6.26. The Morgan fingerprint density at radius 1 is 1.00 bits per heavy atom. The van der Waals surface area contributed by atoms with Crippen LogP contribution in [0.2, 0.25) is 0 Å². The van der Waals surface area contributed by atoms with Crippen molar-refractivity contribution in [3.05, 3.63) is 60.5 Å². The van der Waals surface area contributed by atoms with Crippen molar-refractivity contribution in [3.63, 3.8) is 0 Å². The average Bonchev–Trinajstić information content (AvgIpc) is 2.58. The second-order valence-corrected chi connectivity index (χ2v) is 4.84. The lowest BCUT2D eigenvalue weighted by atomic mass is 10.2. The van der Waals surface area contributed by atoms with Gasteiger partial charge in [-0.15, -0.1) is 0 Å². The van der Waals surface area contributed by atoms with Gasteiger partial charge in [0.2, 0.25) is 5.95 Å². The molecule has 0 unspecified atom stereocenters. The lowest BCUT2D eigenvalue weighted by Crippen LogP contribution is -2.05. The smallest absolute Gasteiger partial charge is 0.229 e. The fourth-order valence-corrected chi connectivity index (χ4v) is 2.08. The summed E-state index contributed by atoms with van der Waals surface area (Å²) >= 11 is 0. The highest BCUT2D eigenvalue weighted by molar-refractivity contribution is 5.63. The van der Waals surface area contributed by atoms with Crippen molar-refractivity contribution in [1.82, 2.24) is 15.0 Å². The number of anilines is 3. The maximum atomic E-state index is 13.0. The van der Waals surface area contributed by atoms with Crippen molar-refractivity contribution in [1.29, 1.82) is 0 Å². The van der Waals surface area contributed by atoms with Crippen molar-refractivity contribution in [3.8, 4) is 11.4 Å². The Hall–Kier alpha value is -3.02. The molecule has 0 bridgehead atoms. The quantitative estimate of drug-likeness (QED) is 0.749. The number of halogens is 1. The predicted octanol–water partition coefficient (Wildman–Crippen LogP) is 3.85. The monoisotopic (exact) mass is 309 g/mol. The molecule has 0 radical (unpaired) electrons. The van der Waals surface area contributed by atoms with Gasteiger partial charge in [0.1, 0.15) is 11.6 Å². The first-order valence-corrected chi connectivity index (χ1v) is 7.31. The van der Waals surface area contributed by atoms with Gasteiger partial charge in [-0.3, -0.25) is 4.98 Å². The van der Waals surface area contributed by atoms with Crippen molar-refractivity contribution in [2.24, 2.45) is 0 Å². The minimum atomic E-state index is -0.285. The lowest BCUT2D eigenvalue weighted by Gasteiger charge is -2.10. The van der Waals surface area contributed by atoms with Crippen LogP contribution < -0.4 is 10.6 Å². The Morgan fingerprint density at radius 2 is 1.83 bits per heavy atom. The zero-order valence-electron chi connectivity index (χ0n) is 12.6. The molecule has 0 fully saturated rings. The summed E-state index contributed by atoms with van der Waals surface area (Å²) in [6, 6.07) is 13.5. The van der Waals surface area contributed by atoms with E-state index in [9.17, 15) is 4.39 Å². The van der Waals surface area contributed by atoms with Gasteiger partial charge < -0.3 is 10.6 Å². The molecule has 0 saturated carbocycles. The van der Waals surface area contributed by atoms with E-state index >= 15 is 0 Å². The van der Waals surface area contributed by atoms with Crippen LogP contribution in [0, 0.1) is 5.82 Å². The number of hydrogen-bond donors (Lipinski definition) is 2. The summed E-state index contributed by atoms with van der Waals surface area (Å²) in [7, 11) is 0. The van der Waals surface area contributed by atoms with Crippen LogP contribution in [-0.4, -0.2) is 21.5 Å². The molecular formula is C17H16FN5. The van der Waals surface area contributed by atoms with Crippen LogP contribution in [0.1, 0.15) is 6.92 Å². The highest BCUT2D eigenvalue weighted by Crippen LogP contribution is 2.21. The van der Waals surface area contributed by atoms with Crippen LogP contribution in [0.15, 0.2) is 54.7 Å². The summed E-state index contributed by atoms with van der Waals surface area (Å²) in [6.07, 6.45) is 1.72. The van der Waals surface area contributed by atoms with Crippen molar-refractivity contribution < 1.29 is 4.39 Å². The minimum Gasteiger partial charge on any atom is -0.370 e. The second-order valence-electron chi connectivity index (χ2n) is 4.84. The first-order chi connectivity index (χ1) is 11.2. The first kappa shape index (κ1) is 14.9. The molecule has 0 atom stereocenters. The third-order valence-electron chi connectivity index (χ3n) is 3.11. The number of nitrogens with one attached hydrogen (secondary N) is 2. The van der Waals surface area contributed by atoms with Gasteiger partial charge in [0.05, 0.1) is 11.4 Å².